The number of ether oxygens (including phenoxy) is 2. The number of carbonyl (C=O) groups is 3. The minimum Gasteiger partial charge on any atom is -0.465 e. The first kappa shape index (κ1) is 32.0. The molecule has 10 nitrogen and oxygen atoms in total. The Morgan fingerprint density at radius 1 is 1.00 bits per heavy atom. The molecule has 0 bridgehead atoms. The molecule has 3 aromatic rings. The molecule has 0 spiro atoms. The Bertz CT molecular complexity index is 1430. The zero-order valence-corrected chi connectivity index (χ0v) is 24.8. The van der Waals surface area contributed by atoms with Gasteiger partial charge < -0.3 is 24.7 Å². The number of pyridine rings is 2. The summed E-state index contributed by atoms with van der Waals surface area (Å²) in [5, 5.41) is 5.59. The number of benzene rings is 1. The topological polar surface area (TPSA) is 129 Å². The van der Waals surface area contributed by atoms with Crippen LogP contribution in [0.15, 0.2) is 65.8 Å². The van der Waals surface area contributed by atoms with Crippen LogP contribution in [0.2, 0.25) is 0 Å². The van der Waals surface area contributed by atoms with Gasteiger partial charge in [-0.05, 0) is 82.3 Å². The number of alkyl carbamates (subject to hydrolysis) is 1. The molecular weight excluding hydrogens is 536 g/mol. The fraction of sp³-hybridized carbons (Fsp3) is 0.406. The van der Waals surface area contributed by atoms with E-state index in [9.17, 15) is 19.2 Å². The molecule has 224 valence electrons. The van der Waals surface area contributed by atoms with Gasteiger partial charge in [-0.25, -0.2) is 4.79 Å². The van der Waals surface area contributed by atoms with Crippen molar-refractivity contribution in [1.82, 2.24) is 14.9 Å². The molecule has 0 unspecified atom stereocenters. The van der Waals surface area contributed by atoms with Gasteiger partial charge in [0.15, 0.2) is 0 Å². The largest absolute Gasteiger partial charge is 0.465 e. The van der Waals surface area contributed by atoms with E-state index in [-0.39, 0.29) is 24.6 Å². The van der Waals surface area contributed by atoms with Gasteiger partial charge in [-0.1, -0.05) is 25.0 Å². The van der Waals surface area contributed by atoms with Gasteiger partial charge in [-0.2, -0.15) is 0 Å². The van der Waals surface area contributed by atoms with Gasteiger partial charge in [-0.3, -0.25) is 19.4 Å². The van der Waals surface area contributed by atoms with Crippen molar-refractivity contribution in [3.63, 3.8) is 0 Å². The van der Waals surface area contributed by atoms with Crippen LogP contribution in [0.25, 0.3) is 11.1 Å². The van der Waals surface area contributed by atoms with Crippen LogP contribution in [0.1, 0.15) is 69.3 Å². The zero-order chi connectivity index (χ0) is 30.5. The van der Waals surface area contributed by atoms with Crippen LogP contribution in [0.4, 0.5) is 10.5 Å². The summed E-state index contributed by atoms with van der Waals surface area (Å²) >= 11 is 0. The lowest BCUT2D eigenvalue weighted by Crippen LogP contribution is -2.32. The lowest BCUT2D eigenvalue weighted by molar-refractivity contribution is -0.143. The second-order valence-corrected chi connectivity index (χ2v) is 10.8. The maximum atomic E-state index is 13.1. The van der Waals surface area contributed by atoms with E-state index in [0.29, 0.717) is 17.8 Å². The van der Waals surface area contributed by atoms with Crippen molar-refractivity contribution in [3.05, 3.63) is 82.5 Å². The predicted octanol–water partition coefficient (Wildman–Crippen LogP) is 5.35. The Morgan fingerprint density at radius 3 is 2.55 bits per heavy atom. The highest BCUT2D eigenvalue weighted by atomic mass is 16.6. The molecule has 42 heavy (non-hydrogen) atoms. The number of carbonyl (C=O) groups excluding carboxylic acids is 3. The van der Waals surface area contributed by atoms with Crippen molar-refractivity contribution >= 4 is 23.7 Å². The standard InChI is InChI=1S/C32H40N4O6/c1-5-41-29(38)22-36-21-26(14-15-28(36)37)35-30(39)25-13-10-12-24(19-25)27-20-33-18-16-23(27)11-8-6-7-9-17-34-31(40)42-32(2,3)4/h10,12-16,18-21H,5-9,11,17,22H2,1-4H3,(H,34,40)(H,35,39). The molecule has 10 heteroatoms. The SMILES string of the molecule is CCOC(=O)Cn1cc(NC(=O)c2cccc(-c3cnccc3CCCCCCNC(=O)OC(C)(C)C)c2)ccc1=O. The van der Waals surface area contributed by atoms with E-state index >= 15 is 0 Å². The Balaban J connectivity index is 1.57. The van der Waals surface area contributed by atoms with Crippen molar-refractivity contribution < 1.29 is 23.9 Å². The highest BCUT2D eigenvalue weighted by molar-refractivity contribution is 6.04. The lowest BCUT2D eigenvalue weighted by atomic mass is 9.96. The maximum Gasteiger partial charge on any atom is 0.407 e. The van der Waals surface area contributed by atoms with Gasteiger partial charge in [0.1, 0.15) is 12.1 Å². The zero-order valence-electron chi connectivity index (χ0n) is 24.8. The monoisotopic (exact) mass is 576 g/mol. The van der Waals surface area contributed by atoms with Crippen LogP contribution in [0.3, 0.4) is 0 Å². The first-order chi connectivity index (χ1) is 20.1. The summed E-state index contributed by atoms with van der Waals surface area (Å²) in [5.41, 5.74) is 2.93. The summed E-state index contributed by atoms with van der Waals surface area (Å²) in [6.45, 7) is 7.77. The molecule has 0 saturated carbocycles. The van der Waals surface area contributed by atoms with E-state index in [2.05, 4.69) is 15.6 Å². The maximum absolute atomic E-state index is 13.1. The van der Waals surface area contributed by atoms with E-state index in [0.717, 1.165) is 48.8 Å². The third-order valence-electron chi connectivity index (χ3n) is 6.23. The summed E-state index contributed by atoms with van der Waals surface area (Å²) in [7, 11) is 0. The van der Waals surface area contributed by atoms with Gasteiger partial charge in [0.2, 0.25) is 0 Å². The Labute approximate surface area is 246 Å². The number of hydrogen-bond acceptors (Lipinski definition) is 7. The third-order valence-corrected chi connectivity index (χ3v) is 6.23. The lowest BCUT2D eigenvalue weighted by Gasteiger charge is -2.19. The van der Waals surface area contributed by atoms with Crippen LogP contribution in [-0.4, -0.2) is 46.3 Å². The molecule has 0 radical (unpaired) electrons. The van der Waals surface area contributed by atoms with Crippen LogP contribution in [0, 0.1) is 0 Å². The average Bonchev–Trinajstić information content (AvgIpc) is 2.94. The molecule has 0 atom stereocenters. The number of hydrogen-bond donors (Lipinski definition) is 2. The fourth-order valence-electron chi connectivity index (χ4n) is 4.31. The Kier molecular flexibility index (Phi) is 11.8. The molecule has 2 heterocycles. The highest BCUT2D eigenvalue weighted by Gasteiger charge is 2.15. The van der Waals surface area contributed by atoms with Crippen molar-refractivity contribution in [2.45, 2.75) is 71.9 Å². The molecule has 2 amide bonds. The van der Waals surface area contributed by atoms with E-state index in [1.807, 2.05) is 51.2 Å². The molecule has 0 fully saturated rings. The molecule has 0 aliphatic carbocycles. The summed E-state index contributed by atoms with van der Waals surface area (Å²) in [6, 6.07) is 12.1. The van der Waals surface area contributed by atoms with Gasteiger partial charge in [0.05, 0.1) is 12.3 Å². The smallest absolute Gasteiger partial charge is 0.407 e. The third kappa shape index (κ3) is 10.5. The first-order valence-corrected chi connectivity index (χ1v) is 14.2. The molecule has 2 aromatic heterocycles. The molecule has 1 aromatic carbocycles. The quantitative estimate of drug-likeness (QED) is 0.207. The van der Waals surface area contributed by atoms with E-state index in [4.69, 9.17) is 9.47 Å². The number of anilines is 1. The van der Waals surface area contributed by atoms with Crippen LogP contribution < -0.4 is 16.2 Å². The van der Waals surface area contributed by atoms with Crippen LogP contribution >= 0.6 is 0 Å². The Morgan fingerprint density at radius 2 is 1.79 bits per heavy atom. The molecule has 3 rings (SSSR count). The van der Waals surface area contributed by atoms with Crippen molar-refractivity contribution in [2.24, 2.45) is 0 Å². The molecular formula is C32H40N4O6. The average molecular weight is 577 g/mol. The van der Waals surface area contributed by atoms with Gasteiger partial charge in [-0.15, -0.1) is 0 Å². The highest BCUT2D eigenvalue weighted by Crippen LogP contribution is 2.26. The summed E-state index contributed by atoms with van der Waals surface area (Å²) in [4.78, 5) is 53.1. The van der Waals surface area contributed by atoms with Crippen LogP contribution in [-0.2, 0) is 27.2 Å². The predicted molar refractivity (Wildman–Crippen MR) is 161 cm³/mol. The fourth-order valence-corrected chi connectivity index (χ4v) is 4.31. The number of rotatable bonds is 13. The minimum atomic E-state index is -0.529. The first-order valence-electron chi connectivity index (χ1n) is 14.2. The van der Waals surface area contributed by atoms with Crippen molar-refractivity contribution in [3.8, 4) is 11.1 Å². The molecule has 0 saturated heterocycles. The Hall–Kier alpha value is -4.47. The number of aromatic nitrogens is 2. The number of esters is 1. The van der Waals surface area contributed by atoms with Crippen molar-refractivity contribution in [2.75, 3.05) is 18.5 Å². The minimum absolute atomic E-state index is 0.216. The molecule has 0 aliphatic heterocycles. The van der Waals surface area contributed by atoms with Crippen LogP contribution in [0.5, 0.6) is 0 Å². The second kappa shape index (κ2) is 15.5. The number of unbranched alkanes of at least 4 members (excludes halogenated alkanes) is 3. The van der Waals surface area contributed by atoms with E-state index in [1.54, 1.807) is 19.2 Å². The van der Waals surface area contributed by atoms with E-state index < -0.39 is 17.7 Å². The summed E-state index contributed by atoms with van der Waals surface area (Å²) < 4.78 is 11.4. The van der Waals surface area contributed by atoms with Gasteiger partial charge in [0, 0.05) is 42.3 Å². The van der Waals surface area contributed by atoms with Gasteiger partial charge >= 0.3 is 12.1 Å². The van der Waals surface area contributed by atoms with E-state index in [1.165, 1.54) is 22.9 Å². The number of nitrogens with one attached hydrogen (secondary N) is 2. The number of amides is 2. The molecule has 2 N–H and O–H groups in total. The number of aryl methyl sites for hydroxylation is 1. The normalized spacial score (nSPS) is 11.0. The summed E-state index contributed by atoms with van der Waals surface area (Å²) in [6.07, 6.45) is 9.32. The molecule has 0 aliphatic rings. The van der Waals surface area contributed by atoms with Gasteiger partial charge in [0.25, 0.3) is 11.5 Å². The number of nitrogens with zero attached hydrogens (tertiary/aromatic N) is 2. The summed E-state index contributed by atoms with van der Waals surface area (Å²) in [5.74, 6) is -0.873. The van der Waals surface area contributed by atoms with Crippen molar-refractivity contribution in [1.29, 1.82) is 0 Å². The second-order valence-electron chi connectivity index (χ2n) is 10.8.